The van der Waals surface area contributed by atoms with Gasteiger partial charge >= 0.3 is 0 Å². The molecule has 0 aromatic rings. The van der Waals surface area contributed by atoms with Crippen LogP contribution in [0.1, 0.15) is 6.92 Å². The molecular formula is C12H15N3. The Labute approximate surface area is 90.3 Å². The molecule has 1 rings (SSSR count). The molecule has 78 valence electrons. The van der Waals surface area contributed by atoms with E-state index in [0.29, 0.717) is 0 Å². The standard InChI is InChI=1S/C12H15N3/c1-4-14-12(6-7-13-3)11-5-8-15-10(2)9-11/h5-9,15H,2-4H2,1H3/b7-6-,14-12?. The molecule has 1 aliphatic rings. The Morgan fingerprint density at radius 2 is 2.40 bits per heavy atom. The molecule has 3 nitrogen and oxygen atoms in total. The van der Waals surface area contributed by atoms with Crippen molar-refractivity contribution in [2.24, 2.45) is 9.98 Å². The van der Waals surface area contributed by atoms with Crippen molar-refractivity contribution in [2.75, 3.05) is 6.54 Å². The van der Waals surface area contributed by atoms with Gasteiger partial charge in [0, 0.05) is 30.2 Å². The summed E-state index contributed by atoms with van der Waals surface area (Å²) in [5.41, 5.74) is 2.78. The summed E-state index contributed by atoms with van der Waals surface area (Å²) in [4.78, 5) is 8.04. The first-order valence-electron chi connectivity index (χ1n) is 4.78. The molecule has 0 aromatic carbocycles. The molecule has 1 heterocycles. The number of hydrogen-bond acceptors (Lipinski definition) is 3. The minimum atomic E-state index is 0.738. The van der Waals surface area contributed by atoms with Gasteiger partial charge in [0.1, 0.15) is 0 Å². The fourth-order valence-electron chi connectivity index (χ4n) is 1.21. The van der Waals surface area contributed by atoms with Crippen LogP contribution < -0.4 is 5.32 Å². The fourth-order valence-corrected chi connectivity index (χ4v) is 1.21. The van der Waals surface area contributed by atoms with Crippen LogP contribution in [0.15, 0.2) is 58.5 Å². The van der Waals surface area contributed by atoms with Gasteiger partial charge in [-0.15, -0.1) is 0 Å². The van der Waals surface area contributed by atoms with Crippen LogP contribution in [0.5, 0.6) is 0 Å². The molecule has 0 saturated carbocycles. The minimum Gasteiger partial charge on any atom is -0.362 e. The van der Waals surface area contributed by atoms with Crippen molar-refractivity contribution in [1.29, 1.82) is 0 Å². The highest BCUT2D eigenvalue weighted by Crippen LogP contribution is 2.09. The zero-order chi connectivity index (χ0) is 11.1. The third-order valence-electron chi connectivity index (χ3n) is 1.82. The van der Waals surface area contributed by atoms with Crippen LogP contribution in [0, 0.1) is 0 Å². The summed E-state index contributed by atoms with van der Waals surface area (Å²) in [5.74, 6) is 0. The Kier molecular flexibility index (Phi) is 4.29. The summed E-state index contributed by atoms with van der Waals surface area (Å²) >= 11 is 0. The van der Waals surface area contributed by atoms with E-state index in [2.05, 4.69) is 28.6 Å². The smallest absolute Gasteiger partial charge is 0.0663 e. The molecule has 0 radical (unpaired) electrons. The fraction of sp³-hybridized carbons (Fsp3) is 0.167. The van der Waals surface area contributed by atoms with Gasteiger partial charge in [-0.2, -0.15) is 0 Å². The quantitative estimate of drug-likeness (QED) is 0.696. The van der Waals surface area contributed by atoms with Gasteiger partial charge in [-0.05, 0) is 31.9 Å². The van der Waals surface area contributed by atoms with E-state index in [-0.39, 0.29) is 0 Å². The van der Waals surface area contributed by atoms with Crippen LogP contribution in [-0.4, -0.2) is 19.0 Å². The van der Waals surface area contributed by atoms with Crippen LogP contribution in [0.2, 0.25) is 0 Å². The summed E-state index contributed by atoms with van der Waals surface area (Å²) in [6.07, 6.45) is 9.22. The van der Waals surface area contributed by atoms with E-state index >= 15 is 0 Å². The number of hydrogen-bond donors (Lipinski definition) is 1. The molecule has 0 unspecified atom stereocenters. The SMILES string of the molecule is C=N/C=C\C(=NCC)C1=CC(=C)NC=C1. The Morgan fingerprint density at radius 1 is 1.60 bits per heavy atom. The summed E-state index contributed by atoms with van der Waals surface area (Å²) in [6.45, 7) is 9.96. The second kappa shape index (κ2) is 5.75. The highest BCUT2D eigenvalue weighted by Gasteiger charge is 2.03. The van der Waals surface area contributed by atoms with Crippen LogP contribution >= 0.6 is 0 Å². The van der Waals surface area contributed by atoms with Crippen molar-refractivity contribution in [2.45, 2.75) is 6.92 Å². The van der Waals surface area contributed by atoms with E-state index < -0.39 is 0 Å². The number of aliphatic imine (C=N–C) groups is 2. The van der Waals surface area contributed by atoms with Crippen LogP contribution in [-0.2, 0) is 0 Å². The molecule has 1 aliphatic heterocycles. The molecule has 1 N–H and O–H groups in total. The number of nitrogens with zero attached hydrogens (tertiary/aromatic N) is 2. The lowest BCUT2D eigenvalue weighted by Crippen LogP contribution is -2.10. The van der Waals surface area contributed by atoms with Gasteiger partial charge < -0.3 is 5.32 Å². The van der Waals surface area contributed by atoms with E-state index in [1.807, 2.05) is 31.4 Å². The Morgan fingerprint density at radius 3 is 3.00 bits per heavy atom. The second-order valence-corrected chi connectivity index (χ2v) is 2.96. The van der Waals surface area contributed by atoms with E-state index in [9.17, 15) is 0 Å². The highest BCUT2D eigenvalue weighted by atomic mass is 14.8. The van der Waals surface area contributed by atoms with Crippen molar-refractivity contribution < 1.29 is 0 Å². The van der Waals surface area contributed by atoms with Gasteiger partial charge in [-0.1, -0.05) is 6.58 Å². The van der Waals surface area contributed by atoms with Crippen LogP contribution in [0.3, 0.4) is 0 Å². The van der Waals surface area contributed by atoms with E-state index in [4.69, 9.17) is 0 Å². The topological polar surface area (TPSA) is 36.8 Å². The van der Waals surface area contributed by atoms with Crippen molar-refractivity contribution in [1.82, 2.24) is 5.32 Å². The first kappa shape index (κ1) is 11.2. The largest absolute Gasteiger partial charge is 0.362 e. The maximum atomic E-state index is 4.37. The first-order valence-corrected chi connectivity index (χ1v) is 4.78. The molecule has 0 saturated heterocycles. The summed E-state index contributed by atoms with van der Waals surface area (Å²) in [5, 5.41) is 3.00. The van der Waals surface area contributed by atoms with Gasteiger partial charge in [0.25, 0.3) is 0 Å². The number of rotatable bonds is 4. The van der Waals surface area contributed by atoms with Crippen molar-refractivity contribution in [3.05, 3.63) is 48.5 Å². The van der Waals surface area contributed by atoms with Crippen LogP contribution in [0.4, 0.5) is 0 Å². The lowest BCUT2D eigenvalue weighted by Gasteiger charge is -2.10. The predicted molar refractivity (Wildman–Crippen MR) is 66.2 cm³/mol. The molecule has 0 fully saturated rings. The lowest BCUT2D eigenvalue weighted by atomic mass is 10.1. The van der Waals surface area contributed by atoms with E-state index in [0.717, 1.165) is 23.5 Å². The molecule has 0 atom stereocenters. The maximum absolute atomic E-state index is 4.37. The number of allylic oxidation sites excluding steroid dienone is 4. The van der Waals surface area contributed by atoms with Gasteiger partial charge in [0.2, 0.25) is 0 Å². The molecule has 3 heteroatoms. The van der Waals surface area contributed by atoms with Gasteiger partial charge in [-0.25, -0.2) is 0 Å². The molecule has 0 spiro atoms. The molecule has 0 amide bonds. The van der Waals surface area contributed by atoms with Gasteiger partial charge in [-0.3, -0.25) is 9.98 Å². The zero-order valence-electron chi connectivity index (χ0n) is 8.90. The normalized spacial score (nSPS) is 16.5. The highest BCUT2D eigenvalue weighted by molar-refractivity contribution is 6.10. The van der Waals surface area contributed by atoms with Gasteiger partial charge in [0.15, 0.2) is 0 Å². The van der Waals surface area contributed by atoms with E-state index in [1.54, 1.807) is 6.20 Å². The van der Waals surface area contributed by atoms with Crippen molar-refractivity contribution >= 4 is 12.4 Å². The molecular weight excluding hydrogens is 186 g/mol. The molecule has 0 bridgehead atoms. The Balaban J connectivity index is 2.94. The van der Waals surface area contributed by atoms with Gasteiger partial charge in [0.05, 0.1) is 5.71 Å². The summed E-state index contributed by atoms with van der Waals surface area (Å²) < 4.78 is 0. The van der Waals surface area contributed by atoms with Crippen molar-refractivity contribution in [3.8, 4) is 0 Å². The monoisotopic (exact) mass is 201 g/mol. The second-order valence-electron chi connectivity index (χ2n) is 2.96. The summed E-state index contributed by atoms with van der Waals surface area (Å²) in [6, 6.07) is 0. The Bertz CT molecular complexity index is 370. The molecule has 15 heavy (non-hydrogen) atoms. The number of dihydropyridines is 1. The first-order chi connectivity index (χ1) is 7.27. The van der Waals surface area contributed by atoms with E-state index in [1.165, 1.54) is 0 Å². The number of nitrogens with one attached hydrogen (secondary N) is 1. The Hall–Kier alpha value is -1.90. The third-order valence-corrected chi connectivity index (χ3v) is 1.82. The molecule has 0 aromatic heterocycles. The average molecular weight is 201 g/mol. The van der Waals surface area contributed by atoms with Crippen LogP contribution in [0.25, 0.3) is 0 Å². The predicted octanol–water partition coefficient (Wildman–Crippen LogP) is 2.22. The maximum Gasteiger partial charge on any atom is 0.0663 e. The molecule has 0 aliphatic carbocycles. The average Bonchev–Trinajstić information content (AvgIpc) is 2.24. The van der Waals surface area contributed by atoms with Crippen molar-refractivity contribution in [3.63, 3.8) is 0 Å². The zero-order valence-corrected chi connectivity index (χ0v) is 8.90. The third kappa shape index (κ3) is 3.38. The minimum absolute atomic E-state index is 0.738. The summed E-state index contributed by atoms with van der Waals surface area (Å²) in [7, 11) is 0. The lowest BCUT2D eigenvalue weighted by molar-refractivity contribution is 1.09.